The molecule has 1 aromatic carbocycles. The van der Waals surface area contributed by atoms with E-state index < -0.39 is 0 Å². The van der Waals surface area contributed by atoms with Gasteiger partial charge in [-0.1, -0.05) is 29.8 Å². The van der Waals surface area contributed by atoms with Crippen molar-refractivity contribution in [3.63, 3.8) is 0 Å². The van der Waals surface area contributed by atoms with E-state index in [4.69, 9.17) is 5.73 Å². The van der Waals surface area contributed by atoms with E-state index in [1.807, 2.05) is 25.1 Å². The van der Waals surface area contributed by atoms with Crippen LogP contribution in [0.3, 0.4) is 0 Å². The fourth-order valence-electron chi connectivity index (χ4n) is 3.69. The third-order valence-electron chi connectivity index (χ3n) is 5.34. The van der Waals surface area contributed by atoms with Crippen LogP contribution in [-0.2, 0) is 4.79 Å². The van der Waals surface area contributed by atoms with Crippen molar-refractivity contribution < 1.29 is 9.59 Å². The molecular formula is C22H24N6O2. The Morgan fingerprint density at radius 1 is 1.07 bits per heavy atom. The minimum absolute atomic E-state index is 0.0364. The maximum Gasteiger partial charge on any atom is 0.270 e. The molecule has 30 heavy (non-hydrogen) atoms. The van der Waals surface area contributed by atoms with Gasteiger partial charge in [0.05, 0.1) is 5.69 Å². The average Bonchev–Trinajstić information content (AvgIpc) is 3.23. The number of carbonyl (C=O) groups is 2. The number of nitrogens with two attached hydrogens (primary N) is 1. The number of nitrogen functional groups attached to an aromatic ring is 1. The minimum Gasteiger partial charge on any atom is -0.368 e. The SMILES string of the molecule is CC(=O)N1CCN(C(=O)c2cc(-c3nc(N)ncc3-c3cccc(C)c3)c[nH]2)CC1. The first-order chi connectivity index (χ1) is 14.4. The third kappa shape index (κ3) is 3.89. The molecule has 8 nitrogen and oxygen atoms in total. The quantitative estimate of drug-likeness (QED) is 0.697. The van der Waals surface area contributed by atoms with Gasteiger partial charge in [0.25, 0.3) is 5.91 Å². The summed E-state index contributed by atoms with van der Waals surface area (Å²) in [6, 6.07) is 9.86. The number of aromatic amines is 1. The fraction of sp³-hybridized carbons (Fsp3) is 0.273. The van der Waals surface area contributed by atoms with Crippen LogP contribution in [-0.4, -0.2) is 62.7 Å². The van der Waals surface area contributed by atoms with E-state index in [1.54, 1.807) is 35.2 Å². The number of H-pyrrole nitrogens is 1. The standard InChI is InChI=1S/C22H24N6O2/c1-14-4-3-5-16(10-14)18-13-25-22(23)26-20(18)17-11-19(24-12-17)21(30)28-8-6-27(7-9-28)15(2)29/h3-5,10-13,24H,6-9H2,1-2H3,(H2,23,25,26). The normalized spacial score (nSPS) is 14.1. The lowest BCUT2D eigenvalue weighted by molar-refractivity contribution is -0.130. The van der Waals surface area contributed by atoms with Crippen LogP contribution in [0.25, 0.3) is 22.4 Å². The third-order valence-corrected chi connectivity index (χ3v) is 5.34. The zero-order valence-corrected chi connectivity index (χ0v) is 17.1. The van der Waals surface area contributed by atoms with E-state index in [-0.39, 0.29) is 17.8 Å². The van der Waals surface area contributed by atoms with E-state index in [2.05, 4.69) is 21.0 Å². The largest absolute Gasteiger partial charge is 0.368 e. The van der Waals surface area contributed by atoms with Gasteiger partial charge in [-0.2, -0.15) is 0 Å². The number of rotatable bonds is 3. The van der Waals surface area contributed by atoms with Crippen LogP contribution in [0.5, 0.6) is 0 Å². The Balaban J connectivity index is 1.61. The van der Waals surface area contributed by atoms with Gasteiger partial charge in [-0.3, -0.25) is 9.59 Å². The molecule has 0 radical (unpaired) electrons. The second-order valence-electron chi connectivity index (χ2n) is 7.46. The molecule has 1 saturated heterocycles. The lowest BCUT2D eigenvalue weighted by atomic mass is 10.0. The van der Waals surface area contributed by atoms with Crippen LogP contribution in [0.1, 0.15) is 23.0 Å². The summed E-state index contributed by atoms with van der Waals surface area (Å²) in [6.45, 7) is 5.71. The summed E-state index contributed by atoms with van der Waals surface area (Å²) in [5.74, 6) is 0.119. The van der Waals surface area contributed by atoms with E-state index in [0.29, 0.717) is 37.6 Å². The summed E-state index contributed by atoms with van der Waals surface area (Å²) in [4.78, 5) is 39.6. The fourth-order valence-corrected chi connectivity index (χ4v) is 3.69. The van der Waals surface area contributed by atoms with E-state index in [9.17, 15) is 9.59 Å². The molecule has 0 unspecified atom stereocenters. The number of hydrogen-bond acceptors (Lipinski definition) is 5. The number of nitrogens with zero attached hydrogens (tertiary/aromatic N) is 4. The Morgan fingerprint density at radius 2 is 1.80 bits per heavy atom. The van der Waals surface area contributed by atoms with Gasteiger partial charge in [-0.25, -0.2) is 9.97 Å². The van der Waals surface area contributed by atoms with E-state index in [1.165, 1.54) is 0 Å². The molecular weight excluding hydrogens is 380 g/mol. The Kier molecular flexibility index (Phi) is 5.22. The number of aromatic nitrogens is 3. The van der Waals surface area contributed by atoms with E-state index in [0.717, 1.165) is 22.3 Å². The summed E-state index contributed by atoms with van der Waals surface area (Å²) in [7, 11) is 0. The highest BCUT2D eigenvalue weighted by Gasteiger charge is 2.24. The molecule has 2 aromatic heterocycles. The Labute approximate surface area is 174 Å². The Hall–Kier alpha value is -3.68. The monoisotopic (exact) mass is 404 g/mol. The summed E-state index contributed by atoms with van der Waals surface area (Å²) in [5.41, 5.74) is 10.7. The lowest BCUT2D eigenvalue weighted by Gasteiger charge is -2.33. The summed E-state index contributed by atoms with van der Waals surface area (Å²) in [6.07, 6.45) is 3.47. The molecule has 0 aliphatic carbocycles. The van der Waals surface area contributed by atoms with Crippen molar-refractivity contribution in [1.82, 2.24) is 24.8 Å². The first-order valence-electron chi connectivity index (χ1n) is 9.85. The zero-order valence-electron chi connectivity index (χ0n) is 17.1. The number of anilines is 1. The lowest BCUT2D eigenvalue weighted by Crippen LogP contribution is -2.50. The van der Waals surface area contributed by atoms with Gasteiger partial charge in [-0.05, 0) is 18.6 Å². The van der Waals surface area contributed by atoms with Crippen LogP contribution in [0.4, 0.5) is 5.95 Å². The number of hydrogen-bond donors (Lipinski definition) is 2. The zero-order chi connectivity index (χ0) is 21.3. The van der Waals surface area contributed by atoms with Gasteiger partial charge in [0.15, 0.2) is 0 Å². The molecule has 2 amide bonds. The van der Waals surface area contributed by atoms with Gasteiger partial charge >= 0.3 is 0 Å². The van der Waals surface area contributed by atoms with Crippen molar-refractivity contribution in [3.8, 4) is 22.4 Å². The number of benzene rings is 1. The smallest absolute Gasteiger partial charge is 0.270 e. The van der Waals surface area contributed by atoms with Gasteiger partial charge in [0.1, 0.15) is 5.69 Å². The van der Waals surface area contributed by atoms with Crippen molar-refractivity contribution >= 4 is 17.8 Å². The Morgan fingerprint density at radius 3 is 2.50 bits per heavy atom. The van der Waals surface area contributed by atoms with Gasteiger partial charge < -0.3 is 20.5 Å². The molecule has 1 aliphatic rings. The first-order valence-corrected chi connectivity index (χ1v) is 9.85. The molecule has 3 N–H and O–H groups in total. The minimum atomic E-state index is -0.0939. The molecule has 1 fully saturated rings. The van der Waals surface area contributed by atoms with Crippen LogP contribution >= 0.6 is 0 Å². The van der Waals surface area contributed by atoms with Crippen molar-refractivity contribution in [1.29, 1.82) is 0 Å². The summed E-state index contributed by atoms with van der Waals surface area (Å²) in [5, 5.41) is 0. The number of carbonyl (C=O) groups excluding carboxylic acids is 2. The van der Waals surface area contributed by atoms with Crippen LogP contribution < -0.4 is 5.73 Å². The van der Waals surface area contributed by atoms with Crippen molar-refractivity contribution in [3.05, 3.63) is 54.0 Å². The summed E-state index contributed by atoms with van der Waals surface area (Å²) >= 11 is 0. The predicted octanol–water partition coefficient (Wildman–Crippen LogP) is 2.33. The molecule has 3 heterocycles. The van der Waals surface area contributed by atoms with Gasteiger partial charge in [0.2, 0.25) is 11.9 Å². The number of amides is 2. The number of nitrogens with one attached hydrogen (secondary N) is 1. The van der Waals surface area contributed by atoms with Crippen LogP contribution in [0.2, 0.25) is 0 Å². The highest BCUT2D eigenvalue weighted by atomic mass is 16.2. The van der Waals surface area contributed by atoms with Crippen molar-refractivity contribution in [2.24, 2.45) is 0 Å². The molecule has 1 aliphatic heterocycles. The van der Waals surface area contributed by atoms with Gasteiger partial charge in [-0.15, -0.1) is 0 Å². The highest BCUT2D eigenvalue weighted by Crippen LogP contribution is 2.31. The Bertz CT molecular complexity index is 1100. The molecule has 4 rings (SSSR count). The summed E-state index contributed by atoms with van der Waals surface area (Å²) < 4.78 is 0. The molecule has 154 valence electrons. The molecule has 0 spiro atoms. The first kappa shape index (κ1) is 19.6. The number of piperazine rings is 1. The average molecular weight is 404 g/mol. The van der Waals surface area contributed by atoms with Crippen molar-refractivity contribution in [2.45, 2.75) is 13.8 Å². The molecule has 0 atom stereocenters. The topological polar surface area (TPSA) is 108 Å². The van der Waals surface area contributed by atoms with Gasteiger partial charge in [0, 0.05) is 56.6 Å². The van der Waals surface area contributed by atoms with E-state index >= 15 is 0 Å². The molecule has 8 heteroatoms. The predicted molar refractivity (Wildman–Crippen MR) is 115 cm³/mol. The van der Waals surface area contributed by atoms with Crippen LogP contribution in [0.15, 0.2) is 42.7 Å². The second kappa shape index (κ2) is 7.98. The molecule has 0 saturated carbocycles. The second-order valence-corrected chi connectivity index (χ2v) is 7.46. The molecule has 0 bridgehead atoms. The van der Waals surface area contributed by atoms with Crippen LogP contribution in [0, 0.1) is 6.92 Å². The highest BCUT2D eigenvalue weighted by molar-refractivity contribution is 5.95. The van der Waals surface area contributed by atoms with Crippen molar-refractivity contribution in [2.75, 3.05) is 31.9 Å². The molecule has 3 aromatic rings. The number of aryl methyl sites for hydroxylation is 1. The maximum atomic E-state index is 12.9. The maximum absolute atomic E-state index is 12.9.